The summed E-state index contributed by atoms with van der Waals surface area (Å²) in [6.07, 6.45) is 0. The summed E-state index contributed by atoms with van der Waals surface area (Å²) in [5, 5.41) is 1.78. The second kappa shape index (κ2) is 9.05. The number of piperazine rings is 2. The first-order valence-corrected chi connectivity index (χ1v) is 12.7. The normalized spacial score (nSPS) is 20.3. The van der Waals surface area contributed by atoms with Crippen LogP contribution in [0.4, 0.5) is 5.69 Å². The second-order valence-corrected chi connectivity index (χ2v) is 10.8. The highest BCUT2D eigenvalue weighted by atomic mass is 32.2. The van der Waals surface area contributed by atoms with E-state index in [1.165, 1.54) is 21.3 Å². The number of anilines is 1. The first-order chi connectivity index (χ1) is 14.5. The largest absolute Gasteiger partial charge is 0.368 e. The van der Waals surface area contributed by atoms with Crippen LogP contribution >= 0.6 is 11.3 Å². The van der Waals surface area contributed by atoms with E-state index in [4.69, 9.17) is 0 Å². The van der Waals surface area contributed by atoms with Gasteiger partial charge in [0.05, 0.1) is 6.04 Å². The van der Waals surface area contributed by atoms with Gasteiger partial charge in [-0.1, -0.05) is 24.3 Å². The van der Waals surface area contributed by atoms with E-state index in [-0.39, 0.29) is 11.9 Å². The molecule has 0 saturated carbocycles. The van der Waals surface area contributed by atoms with E-state index in [2.05, 4.69) is 21.9 Å². The summed E-state index contributed by atoms with van der Waals surface area (Å²) in [5.41, 5.74) is 1.20. The van der Waals surface area contributed by atoms with Crippen LogP contribution < -0.4 is 4.90 Å². The van der Waals surface area contributed by atoms with Gasteiger partial charge in [0.2, 0.25) is 5.91 Å². The zero-order valence-electron chi connectivity index (χ0n) is 17.2. The third-order valence-electron chi connectivity index (χ3n) is 5.98. The molecule has 2 fully saturated rings. The van der Waals surface area contributed by atoms with Crippen LogP contribution in [0, 0.1) is 0 Å². The Morgan fingerprint density at radius 3 is 2.17 bits per heavy atom. The monoisotopic (exact) mass is 448 g/mol. The Bertz CT molecular complexity index is 934. The van der Waals surface area contributed by atoms with Gasteiger partial charge in [0.25, 0.3) is 10.0 Å². The fourth-order valence-electron chi connectivity index (χ4n) is 4.11. The van der Waals surface area contributed by atoms with E-state index in [9.17, 15) is 13.2 Å². The number of benzene rings is 1. The van der Waals surface area contributed by atoms with Gasteiger partial charge in [-0.25, -0.2) is 8.42 Å². The Morgan fingerprint density at radius 2 is 1.57 bits per heavy atom. The molecular weight excluding hydrogens is 420 g/mol. The van der Waals surface area contributed by atoms with Gasteiger partial charge in [-0.05, 0) is 30.5 Å². The third-order valence-corrected chi connectivity index (χ3v) is 9.25. The lowest BCUT2D eigenvalue weighted by molar-refractivity contribution is -0.137. The molecule has 1 aromatic heterocycles. The first-order valence-electron chi connectivity index (χ1n) is 10.3. The molecule has 0 bridgehead atoms. The van der Waals surface area contributed by atoms with Crippen LogP contribution in [0.15, 0.2) is 52.1 Å². The van der Waals surface area contributed by atoms with E-state index in [0.29, 0.717) is 43.5 Å². The number of rotatable bonds is 5. The maximum absolute atomic E-state index is 13.0. The van der Waals surface area contributed by atoms with E-state index in [1.807, 2.05) is 30.0 Å². The number of nitrogens with zero attached hydrogens (tertiary/aromatic N) is 4. The van der Waals surface area contributed by atoms with Gasteiger partial charge in [0, 0.05) is 58.0 Å². The molecule has 0 aliphatic carbocycles. The summed E-state index contributed by atoms with van der Waals surface area (Å²) in [5.74, 6) is 0.136. The number of carbonyl (C=O) groups excluding carboxylic acids is 1. The summed E-state index contributed by atoms with van der Waals surface area (Å²) in [6, 6.07) is 13.4. The first kappa shape index (κ1) is 21.3. The molecule has 1 aromatic carbocycles. The zero-order chi connectivity index (χ0) is 21.1. The molecule has 4 rings (SSSR count). The van der Waals surface area contributed by atoms with Crippen molar-refractivity contribution < 1.29 is 13.2 Å². The summed E-state index contributed by atoms with van der Waals surface area (Å²) >= 11 is 1.24. The van der Waals surface area contributed by atoms with Gasteiger partial charge < -0.3 is 9.80 Å². The molecule has 1 amide bonds. The highest BCUT2D eigenvalue weighted by molar-refractivity contribution is 7.91. The van der Waals surface area contributed by atoms with Crippen molar-refractivity contribution in [3.63, 3.8) is 0 Å². The van der Waals surface area contributed by atoms with Crippen LogP contribution in [0.1, 0.15) is 6.92 Å². The average Bonchev–Trinajstić information content (AvgIpc) is 3.35. The number of thiophene rings is 1. The maximum atomic E-state index is 13.0. The number of para-hydroxylation sites is 1. The minimum Gasteiger partial charge on any atom is -0.368 e. The third kappa shape index (κ3) is 4.39. The molecular formula is C21H28N4O3S2. The highest BCUT2D eigenvalue weighted by Crippen LogP contribution is 2.23. The van der Waals surface area contributed by atoms with Crippen LogP contribution in [0.25, 0.3) is 0 Å². The molecule has 0 N–H and O–H groups in total. The molecule has 9 heteroatoms. The second-order valence-electron chi connectivity index (χ2n) is 7.70. The van der Waals surface area contributed by atoms with Gasteiger partial charge in [-0.2, -0.15) is 4.31 Å². The molecule has 1 unspecified atom stereocenters. The SMILES string of the molecule is CC(C(=O)N1CCN(c2ccccc2)CC1)N1CCN(S(=O)(=O)c2cccs2)CC1. The van der Waals surface area contributed by atoms with Crippen LogP contribution in [-0.2, 0) is 14.8 Å². The molecule has 2 saturated heterocycles. The van der Waals surface area contributed by atoms with Gasteiger partial charge >= 0.3 is 0 Å². The van der Waals surface area contributed by atoms with Crippen LogP contribution in [0.3, 0.4) is 0 Å². The topological polar surface area (TPSA) is 64.2 Å². The van der Waals surface area contributed by atoms with Crippen LogP contribution in [0.5, 0.6) is 0 Å². The molecule has 3 heterocycles. The number of carbonyl (C=O) groups is 1. The standard InChI is InChI=1S/C21H28N4O3S2/c1-18(21(26)24-11-9-23(10-12-24)19-6-3-2-4-7-19)22-13-15-25(16-14-22)30(27,28)20-8-5-17-29-20/h2-8,17-18H,9-16H2,1H3. The summed E-state index contributed by atoms with van der Waals surface area (Å²) < 4.78 is 27.3. The molecule has 30 heavy (non-hydrogen) atoms. The van der Waals surface area contributed by atoms with Gasteiger partial charge in [-0.3, -0.25) is 9.69 Å². The van der Waals surface area contributed by atoms with Crippen molar-refractivity contribution in [2.75, 3.05) is 57.3 Å². The minimum atomic E-state index is -3.42. The fourth-order valence-corrected chi connectivity index (χ4v) is 6.68. The lowest BCUT2D eigenvalue weighted by Crippen LogP contribution is -2.58. The fraction of sp³-hybridized carbons (Fsp3) is 0.476. The van der Waals surface area contributed by atoms with Gasteiger partial charge in [0.1, 0.15) is 4.21 Å². The highest BCUT2D eigenvalue weighted by Gasteiger charge is 2.34. The van der Waals surface area contributed by atoms with Crippen molar-refractivity contribution in [3.8, 4) is 0 Å². The quantitative estimate of drug-likeness (QED) is 0.698. The molecule has 1 atom stereocenters. The maximum Gasteiger partial charge on any atom is 0.252 e. The van der Waals surface area contributed by atoms with Crippen molar-refractivity contribution in [2.24, 2.45) is 0 Å². The molecule has 2 aliphatic rings. The lowest BCUT2D eigenvalue weighted by atomic mass is 10.2. The molecule has 0 radical (unpaired) electrons. The van der Waals surface area contributed by atoms with Gasteiger partial charge in [0.15, 0.2) is 0 Å². The predicted molar refractivity (Wildman–Crippen MR) is 119 cm³/mol. The molecule has 7 nitrogen and oxygen atoms in total. The average molecular weight is 449 g/mol. The lowest BCUT2D eigenvalue weighted by Gasteiger charge is -2.41. The minimum absolute atomic E-state index is 0.136. The van der Waals surface area contributed by atoms with Crippen molar-refractivity contribution >= 4 is 33.0 Å². The summed E-state index contributed by atoms with van der Waals surface area (Å²) in [7, 11) is -3.42. The zero-order valence-corrected chi connectivity index (χ0v) is 18.8. The number of hydrogen-bond acceptors (Lipinski definition) is 6. The van der Waals surface area contributed by atoms with E-state index < -0.39 is 10.0 Å². The van der Waals surface area contributed by atoms with Crippen molar-refractivity contribution in [1.29, 1.82) is 0 Å². The number of hydrogen-bond donors (Lipinski definition) is 0. The van der Waals surface area contributed by atoms with E-state index in [0.717, 1.165) is 13.1 Å². The Kier molecular flexibility index (Phi) is 6.43. The van der Waals surface area contributed by atoms with Gasteiger partial charge in [-0.15, -0.1) is 11.3 Å². The Balaban J connectivity index is 1.29. The molecule has 2 aliphatic heterocycles. The Hall–Kier alpha value is -1.94. The van der Waals surface area contributed by atoms with Crippen molar-refractivity contribution in [2.45, 2.75) is 17.2 Å². The van der Waals surface area contributed by atoms with Crippen molar-refractivity contribution in [3.05, 3.63) is 47.8 Å². The summed E-state index contributed by atoms with van der Waals surface area (Å²) in [4.78, 5) is 19.4. The van der Waals surface area contributed by atoms with Crippen molar-refractivity contribution in [1.82, 2.24) is 14.1 Å². The Morgan fingerprint density at radius 1 is 0.900 bits per heavy atom. The van der Waals surface area contributed by atoms with E-state index >= 15 is 0 Å². The smallest absolute Gasteiger partial charge is 0.252 e. The predicted octanol–water partition coefficient (Wildman–Crippen LogP) is 1.79. The van der Waals surface area contributed by atoms with Crippen LogP contribution in [-0.4, -0.2) is 86.8 Å². The number of amides is 1. The van der Waals surface area contributed by atoms with E-state index in [1.54, 1.807) is 17.5 Å². The van der Waals surface area contributed by atoms with Crippen LogP contribution in [0.2, 0.25) is 0 Å². The Labute approximate surface area is 182 Å². The molecule has 0 spiro atoms. The molecule has 2 aromatic rings. The summed E-state index contributed by atoms with van der Waals surface area (Å²) in [6.45, 7) is 7.00. The number of sulfonamides is 1. The molecule has 162 valence electrons.